The van der Waals surface area contributed by atoms with E-state index >= 15 is 0 Å². The molecule has 1 aromatic carbocycles. The number of ether oxygens (including phenoxy) is 1. The van der Waals surface area contributed by atoms with Crippen LogP contribution >= 0.6 is 11.3 Å². The largest absolute Gasteiger partial charge is 0.465 e. The van der Waals surface area contributed by atoms with E-state index in [9.17, 15) is 9.59 Å². The van der Waals surface area contributed by atoms with Gasteiger partial charge in [-0.3, -0.25) is 4.79 Å². The fraction of sp³-hybridized carbons (Fsp3) is 0.0714. The Morgan fingerprint density at radius 1 is 1.25 bits per heavy atom. The number of anilines is 1. The minimum atomic E-state index is -0.487. The SMILES string of the molecule is [C-]#[N+]c1ccc(C(=O)Nc2ccsc2C(=O)OC)cc1. The number of carbonyl (C=O) groups excluding carboxylic acids is 2. The molecule has 2 aromatic rings. The van der Waals surface area contributed by atoms with Crippen LogP contribution in [0.4, 0.5) is 11.4 Å². The molecule has 2 rings (SSSR count). The third-order valence-electron chi connectivity index (χ3n) is 2.54. The van der Waals surface area contributed by atoms with Gasteiger partial charge in [0.1, 0.15) is 4.88 Å². The topological polar surface area (TPSA) is 59.8 Å². The van der Waals surface area contributed by atoms with E-state index in [1.165, 1.54) is 18.4 Å². The predicted octanol–water partition coefficient (Wildman–Crippen LogP) is 3.34. The van der Waals surface area contributed by atoms with Gasteiger partial charge in [-0.1, -0.05) is 24.3 Å². The first-order valence-corrected chi connectivity index (χ1v) is 6.48. The number of methoxy groups -OCH3 is 1. The molecule has 6 heteroatoms. The van der Waals surface area contributed by atoms with E-state index < -0.39 is 5.97 Å². The molecule has 1 N–H and O–H groups in total. The lowest BCUT2D eigenvalue weighted by atomic mass is 10.2. The molecule has 20 heavy (non-hydrogen) atoms. The number of nitrogens with one attached hydrogen (secondary N) is 1. The molecule has 100 valence electrons. The zero-order valence-corrected chi connectivity index (χ0v) is 11.4. The smallest absolute Gasteiger partial charge is 0.350 e. The van der Waals surface area contributed by atoms with Crippen LogP contribution in [0.25, 0.3) is 4.85 Å². The summed E-state index contributed by atoms with van der Waals surface area (Å²) >= 11 is 1.20. The average Bonchev–Trinajstić information content (AvgIpc) is 2.94. The van der Waals surface area contributed by atoms with Crippen molar-refractivity contribution in [3.8, 4) is 0 Å². The van der Waals surface area contributed by atoms with Gasteiger partial charge in [-0.15, -0.1) is 11.3 Å². The minimum Gasteiger partial charge on any atom is -0.465 e. The van der Waals surface area contributed by atoms with Crippen LogP contribution in [-0.2, 0) is 4.74 Å². The summed E-state index contributed by atoms with van der Waals surface area (Å²) in [6, 6.07) is 7.90. The highest BCUT2D eigenvalue weighted by atomic mass is 32.1. The molecule has 0 atom stereocenters. The molecule has 0 fully saturated rings. The quantitative estimate of drug-likeness (QED) is 0.695. The van der Waals surface area contributed by atoms with E-state index in [4.69, 9.17) is 6.57 Å². The van der Waals surface area contributed by atoms with Crippen molar-refractivity contribution in [2.24, 2.45) is 0 Å². The summed E-state index contributed by atoms with van der Waals surface area (Å²) in [5.74, 6) is -0.830. The first kappa shape index (κ1) is 13.8. The lowest BCUT2D eigenvalue weighted by Crippen LogP contribution is -2.13. The second-order valence-electron chi connectivity index (χ2n) is 3.77. The molecule has 0 radical (unpaired) electrons. The number of benzene rings is 1. The molecular weight excluding hydrogens is 276 g/mol. The van der Waals surface area contributed by atoms with Crippen molar-refractivity contribution in [2.75, 3.05) is 12.4 Å². The Kier molecular flexibility index (Phi) is 4.13. The maximum absolute atomic E-state index is 12.0. The van der Waals surface area contributed by atoms with Crippen molar-refractivity contribution in [3.05, 3.63) is 57.6 Å². The average molecular weight is 286 g/mol. The lowest BCUT2D eigenvalue weighted by molar-refractivity contribution is 0.0607. The fourth-order valence-corrected chi connectivity index (χ4v) is 2.31. The number of nitrogens with zero attached hydrogens (tertiary/aromatic N) is 1. The molecule has 0 saturated heterocycles. The van der Waals surface area contributed by atoms with E-state index in [1.807, 2.05) is 0 Å². The second-order valence-corrected chi connectivity index (χ2v) is 4.68. The van der Waals surface area contributed by atoms with E-state index in [1.54, 1.807) is 35.7 Å². The number of esters is 1. The highest BCUT2D eigenvalue weighted by Crippen LogP contribution is 2.24. The van der Waals surface area contributed by atoms with Gasteiger partial charge in [0.2, 0.25) is 0 Å². The fourth-order valence-electron chi connectivity index (χ4n) is 1.54. The summed E-state index contributed by atoms with van der Waals surface area (Å²) < 4.78 is 4.64. The minimum absolute atomic E-state index is 0.343. The number of rotatable bonds is 3. The normalized spacial score (nSPS) is 9.60. The van der Waals surface area contributed by atoms with E-state index in [0.29, 0.717) is 21.8 Å². The summed E-state index contributed by atoms with van der Waals surface area (Å²) in [4.78, 5) is 27.1. The standard InChI is InChI=1S/C14H10N2O3S/c1-15-10-5-3-9(4-6-10)13(17)16-11-7-8-20-12(11)14(18)19-2/h3-8H,2H3,(H,16,17). The Bertz CT molecular complexity index is 683. The molecule has 0 saturated carbocycles. The predicted molar refractivity (Wildman–Crippen MR) is 76.3 cm³/mol. The van der Waals surface area contributed by atoms with E-state index in [0.717, 1.165) is 0 Å². The van der Waals surface area contributed by atoms with Crippen LogP contribution in [0.15, 0.2) is 35.7 Å². The Morgan fingerprint density at radius 3 is 2.55 bits per heavy atom. The van der Waals surface area contributed by atoms with Gasteiger partial charge in [-0.05, 0) is 11.4 Å². The maximum Gasteiger partial charge on any atom is 0.350 e. The van der Waals surface area contributed by atoms with Gasteiger partial charge in [0.05, 0.1) is 19.4 Å². The monoisotopic (exact) mass is 286 g/mol. The second kappa shape index (κ2) is 5.99. The maximum atomic E-state index is 12.0. The number of thiophene rings is 1. The zero-order valence-electron chi connectivity index (χ0n) is 10.5. The van der Waals surface area contributed by atoms with Crippen molar-refractivity contribution in [3.63, 3.8) is 0 Å². The molecular formula is C14H10N2O3S. The molecule has 0 spiro atoms. The van der Waals surface area contributed by atoms with Crippen molar-refractivity contribution in [2.45, 2.75) is 0 Å². The van der Waals surface area contributed by atoms with Crippen LogP contribution in [-0.4, -0.2) is 19.0 Å². The van der Waals surface area contributed by atoms with E-state index in [-0.39, 0.29) is 5.91 Å². The molecule has 0 aliphatic rings. The third-order valence-corrected chi connectivity index (χ3v) is 3.44. The highest BCUT2D eigenvalue weighted by molar-refractivity contribution is 7.12. The Labute approximate surface area is 119 Å². The van der Waals surface area contributed by atoms with Crippen LogP contribution in [0.2, 0.25) is 0 Å². The molecule has 0 aliphatic carbocycles. The molecule has 1 amide bonds. The molecule has 1 aromatic heterocycles. The summed E-state index contributed by atoms with van der Waals surface area (Å²) in [6.45, 7) is 6.85. The van der Waals surface area contributed by atoms with Crippen LogP contribution in [0.1, 0.15) is 20.0 Å². The highest BCUT2D eigenvalue weighted by Gasteiger charge is 2.16. The summed E-state index contributed by atoms with van der Waals surface area (Å²) in [6.07, 6.45) is 0. The summed E-state index contributed by atoms with van der Waals surface area (Å²) in [7, 11) is 1.29. The molecule has 0 aliphatic heterocycles. The van der Waals surface area contributed by atoms with Crippen molar-refractivity contribution in [1.29, 1.82) is 0 Å². The van der Waals surface area contributed by atoms with Gasteiger partial charge in [-0.25, -0.2) is 9.64 Å². The molecule has 1 heterocycles. The number of hydrogen-bond donors (Lipinski definition) is 1. The zero-order chi connectivity index (χ0) is 14.5. The third kappa shape index (κ3) is 2.84. The first-order chi connectivity index (χ1) is 9.65. The van der Waals surface area contributed by atoms with Gasteiger partial charge in [-0.2, -0.15) is 0 Å². The van der Waals surface area contributed by atoms with Crippen LogP contribution in [0, 0.1) is 6.57 Å². The Morgan fingerprint density at radius 2 is 1.95 bits per heavy atom. The molecule has 0 bridgehead atoms. The van der Waals surface area contributed by atoms with Gasteiger partial charge < -0.3 is 10.1 Å². The Balaban J connectivity index is 2.17. The van der Waals surface area contributed by atoms with Gasteiger partial charge in [0.25, 0.3) is 5.91 Å². The number of hydrogen-bond acceptors (Lipinski definition) is 4. The van der Waals surface area contributed by atoms with Crippen LogP contribution in [0.5, 0.6) is 0 Å². The van der Waals surface area contributed by atoms with E-state index in [2.05, 4.69) is 14.9 Å². The molecule has 5 nitrogen and oxygen atoms in total. The van der Waals surface area contributed by atoms with Gasteiger partial charge in [0.15, 0.2) is 5.69 Å². The van der Waals surface area contributed by atoms with Crippen molar-refractivity contribution >= 4 is 34.6 Å². The van der Waals surface area contributed by atoms with Crippen molar-refractivity contribution in [1.82, 2.24) is 0 Å². The summed E-state index contributed by atoms with van der Waals surface area (Å²) in [5, 5.41) is 4.35. The first-order valence-electron chi connectivity index (χ1n) is 5.60. The van der Waals surface area contributed by atoms with Gasteiger partial charge in [0, 0.05) is 5.56 Å². The van der Waals surface area contributed by atoms with Crippen molar-refractivity contribution < 1.29 is 14.3 Å². The van der Waals surface area contributed by atoms with Crippen LogP contribution in [0.3, 0.4) is 0 Å². The number of carbonyl (C=O) groups is 2. The summed E-state index contributed by atoms with van der Waals surface area (Å²) in [5.41, 5.74) is 1.30. The molecule has 0 unspecified atom stereocenters. The Hall–Kier alpha value is -2.65. The van der Waals surface area contributed by atoms with Gasteiger partial charge >= 0.3 is 5.97 Å². The lowest BCUT2D eigenvalue weighted by Gasteiger charge is -2.05. The number of amides is 1. The van der Waals surface area contributed by atoms with Crippen LogP contribution < -0.4 is 5.32 Å².